The average molecular weight is 508 g/mol. The third kappa shape index (κ3) is 4.14. The minimum atomic E-state index is -0.363. The summed E-state index contributed by atoms with van der Waals surface area (Å²) < 4.78 is 15.2. The number of benzene rings is 2. The van der Waals surface area contributed by atoms with Gasteiger partial charge in [0.25, 0.3) is 0 Å². The summed E-state index contributed by atoms with van der Waals surface area (Å²) in [5, 5.41) is 8.07. The molecule has 0 bridgehead atoms. The molecule has 1 aliphatic heterocycles. The van der Waals surface area contributed by atoms with Crippen molar-refractivity contribution in [3.63, 3.8) is 0 Å². The smallest absolute Gasteiger partial charge is 0.318 e. The molecule has 3 aromatic heterocycles. The van der Waals surface area contributed by atoms with Crippen molar-refractivity contribution in [2.75, 3.05) is 7.11 Å². The Morgan fingerprint density at radius 1 is 1.08 bits per heavy atom. The normalized spacial score (nSPS) is 14.5. The Balaban J connectivity index is 1.53. The largest absolute Gasteiger partial charge is 0.497 e. The van der Waals surface area contributed by atoms with Gasteiger partial charge in [-0.2, -0.15) is 5.10 Å². The molecule has 6 rings (SSSR count). The van der Waals surface area contributed by atoms with Crippen molar-refractivity contribution in [1.29, 1.82) is 0 Å². The highest BCUT2D eigenvalue weighted by atomic mass is 16.5. The summed E-state index contributed by atoms with van der Waals surface area (Å²) in [6.07, 6.45) is 4.40. The van der Waals surface area contributed by atoms with Gasteiger partial charge in [-0.05, 0) is 60.5 Å². The lowest BCUT2D eigenvalue weighted by Gasteiger charge is -2.31. The Labute approximate surface area is 221 Å². The molecule has 1 aliphatic rings. The molecule has 0 spiro atoms. The quantitative estimate of drug-likeness (QED) is 0.323. The Morgan fingerprint density at radius 3 is 2.71 bits per heavy atom. The molecule has 0 unspecified atom stereocenters. The van der Waals surface area contributed by atoms with E-state index in [2.05, 4.69) is 22.9 Å². The molecule has 0 saturated carbocycles. The van der Waals surface area contributed by atoms with Crippen LogP contribution in [0.15, 0.2) is 95.7 Å². The number of hydrogen-bond donors (Lipinski definition) is 1. The summed E-state index contributed by atoms with van der Waals surface area (Å²) in [6, 6.07) is 25.2. The van der Waals surface area contributed by atoms with Gasteiger partial charge >= 0.3 is 6.03 Å². The number of carbonyl (C=O) groups is 1. The first-order valence-corrected chi connectivity index (χ1v) is 12.7. The van der Waals surface area contributed by atoms with Crippen molar-refractivity contribution in [1.82, 2.24) is 24.6 Å². The molecule has 0 fully saturated rings. The molecule has 5 aromatic rings. The van der Waals surface area contributed by atoms with E-state index in [0.29, 0.717) is 18.8 Å². The fourth-order valence-electron chi connectivity index (χ4n) is 5.19. The maximum Gasteiger partial charge on any atom is 0.318 e. The van der Waals surface area contributed by atoms with Crippen LogP contribution in [0.1, 0.15) is 41.2 Å². The van der Waals surface area contributed by atoms with Gasteiger partial charge in [-0.1, -0.05) is 37.3 Å². The Hall–Kier alpha value is -4.72. The summed E-state index contributed by atoms with van der Waals surface area (Å²) in [5.41, 5.74) is 4.87. The number of amides is 2. The summed E-state index contributed by atoms with van der Waals surface area (Å²) in [5.74, 6) is 2.38. The van der Waals surface area contributed by atoms with Crippen molar-refractivity contribution < 1.29 is 13.9 Å². The Kier molecular flexibility index (Phi) is 6.21. The van der Waals surface area contributed by atoms with Crippen LogP contribution in [0.25, 0.3) is 11.5 Å². The number of ether oxygens (including phenoxy) is 1. The third-order valence-electron chi connectivity index (χ3n) is 6.97. The third-order valence-corrected chi connectivity index (χ3v) is 6.97. The lowest BCUT2D eigenvalue weighted by atomic mass is 10.0. The van der Waals surface area contributed by atoms with Crippen LogP contribution in [0.4, 0.5) is 4.79 Å². The van der Waals surface area contributed by atoms with E-state index in [-0.39, 0.29) is 12.1 Å². The number of rotatable bonds is 6. The molecule has 1 atom stereocenters. The fraction of sp³-hybridized carbons (Fsp3) is 0.200. The Morgan fingerprint density at radius 2 is 1.95 bits per heavy atom. The lowest BCUT2D eigenvalue weighted by Crippen LogP contribution is -2.41. The molecular formula is C30H29N5O3. The van der Waals surface area contributed by atoms with Crippen LogP contribution >= 0.6 is 0 Å². The molecular weight excluding hydrogens is 478 g/mol. The zero-order valence-electron chi connectivity index (χ0n) is 21.4. The number of methoxy groups -OCH3 is 1. The maximum absolute atomic E-state index is 13.9. The van der Waals surface area contributed by atoms with E-state index in [9.17, 15) is 4.79 Å². The predicted molar refractivity (Wildman–Crippen MR) is 144 cm³/mol. The highest BCUT2D eigenvalue weighted by Gasteiger charge is 2.36. The van der Waals surface area contributed by atoms with Gasteiger partial charge in [-0.15, -0.1) is 0 Å². The number of aryl methyl sites for hydroxylation is 1. The van der Waals surface area contributed by atoms with E-state index in [4.69, 9.17) is 14.3 Å². The standard InChI is InChI=1S/C30H29N5O3/c1-3-26-25-20-34(30(36)31-19-24-14-9-17-38-24)28(21-10-7-13-23(18-21)37-2)27-15-8-16-33(27)29(25)35(32-26)22-11-5-4-6-12-22/h4-18,28H,3,19-20H2,1-2H3,(H,31,36)/t28-/m0/s1. The van der Waals surface area contributed by atoms with E-state index in [0.717, 1.165) is 46.2 Å². The van der Waals surface area contributed by atoms with Crippen LogP contribution in [-0.2, 0) is 19.5 Å². The number of furan rings is 1. The van der Waals surface area contributed by atoms with Gasteiger partial charge in [0, 0.05) is 11.8 Å². The van der Waals surface area contributed by atoms with Crippen LogP contribution < -0.4 is 10.1 Å². The molecule has 8 nitrogen and oxygen atoms in total. The molecule has 2 aromatic carbocycles. The number of nitrogens with one attached hydrogen (secondary N) is 1. The van der Waals surface area contributed by atoms with Crippen LogP contribution in [0.5, 0.6) is 5.75 Å². The summed E-state index contributed by atoms with van der Waals surface area (Å²) in [4.78, 5) is 15.8. The van der Waals surface area contributed by atoms with Crippen molar-refractivity contribution >= 4 is 6.03 Å². The lowest BCUT2D eigenvalue weighted by molar-refractivity contribution is 0.179. The number of fused-ring (bicyclic) bond motifs is 3. The van der Waals surface area contributed by atoms with E-state index < -0.39 is 0 Å². The molecule has 8 heteroatoms. The number of urea groups is 1. The highest BCUT2D eigenvalue weighted by molar-refractivity contribution is 5.76. The van der Waals surface area contributed by atoms with Gasteiger partial charge in [0.2, 0.25) is 0 Å². The van der Waals surface area contributed by atoms with E-state index in [1.54, 1.807) is 13.4 Å². The zero-order valence-corrected chi connectivity index (χ0v) is 21.4. The van der Waals surface area contributed by atoms with Gasteiger partial charge in [0.05, 0.1) is 49.6 Å². The number of carbonyl (C=O) groups excluding carboxylic acids is 1. The van der Waals surface area contributed by atoms with Crippen molar-refractivity contribution in [2.24, 2.45) is 0 Å². The molecule has 0 radical (unpaired) electrons. The minimum Gasteiger partial charge on any atom is -0.497 e. The second-order valence-corrected chi connectivity index (χ2v) is 9.20. The second kappa shape index (κ2) is 9.97. The summed E-state index contributed by atoms with van der Waals surface area (Å²) in [7, 11) is 1.65. The predicted octanol–water partition coefficient (Wildman–Crippen LogP) is 5.64. The topological polar surface area (TPSA) is 77.5 Å². The minimum absolute atomic E-state index is 0.190. The van der Waals surface area contributed by atoms with Gasteiger partial charge in [0.15, 0.2) is 0 Å². The van der Waals surface area contributed by atoms with Crippen molar-refractivity contribution in [3.8, 4) is 17.3 Å². The van der Waals surface area contributed by atoms with Crippen LogP contribution in [-0.4, -0.2) is 32.4 Å². The SMILES string of the molecule is CCc1nn(-c2ccccc2)c2c1CN(C(=O)NCc1ccco1)[C@@H](c1cccc(OC)c1)c1cccn1-2. The number of aromatic nitrogens is 3. The molecule has 192 valence electrons. The first kappa shape index (κ1) is 23.7. The van der Waals surface area contributed by atoms with Gasteiger partial charge < -0.3 is 23.9 Å². The van der Waals surface area contributed by atoms with Crippen molar-refractivity contribution in [2.45, 2.75) is 32.5 Å². The first-order chi connectivity index (χ1) is 18.7. The number of hydrogen-bond acceptors (Lipinski definition) is 4. The maximum atomic E-state index is 13.9. The average Bonchev–Trinajstić information content (AvgIpc) is 3.71. The van der Waals surface area contributed by atoms with Gasteiger partial charge in [0.1, 0.15) is 17.3 Å². The Bertz CT molecular complexity index is 1550. The number of para-hydroxylation sites is 1. The molecule has 38 heavy (non-hydrogen) atoms. The summed E-state index contributed by atoms with van der Waals surface area (Å²) >= 11 is 0. The van der Waals surface area contributed by atoms with E-state index >= 15 is 0 Å². The van der Waals surface area contributed by atoms with Gasteiger partial charge in [-0.25, -0.2) is 9.48 Å². The first-order valence-electron chi connectivity index (χ1n) is 12.7. The van der Waals surface area contributed by atoms with Crippen LogP contribution in [0.3, 0.4) is 0 Å². The van der Waals surface area contributed by atoms with Crippen molar-refractivity contribution in [3.05, 3.63) is 120 Å². The van der Waals surface area contributed by atoms with Gasteiger partial charge in [-0.3, -0.25) is 0 Å². The highest BCUT2D eigenvalue weighted by Crippen LogP contribution is 2.39. The zero-order chi connectivity index (χ0) is 26.1. The monoisotopic (exact) mass is 507 g/mol. The van der Waals surface area contributed by atoms with Crippen LogP contribution in [0, 0.1) is 0 Å². The fourth-order valence-corrected chi connectivity index (χ4v) is 5.19. The van der Waals surface area contributed by atoms with E-state index in [1.165, 1.54) is 0 Å². The molecule has 0 saturated heterocycles. The van der Waals surface area contributed by atoms with Crippen LogP contribution in [0.2, 0.25) is 0 Å². The molecule has 2 amide bonds. The van der Waals surface area contributed by atoms with E-state index in [1.807, 2.05) is 88.6 Å². The molecule has 0 aliphatic carbocycles. The number of nitrogens with zero attached hydrogens (tertiary/aromatic N) is 4. The molecule has 4 heterocycles. The second-order valence-electron chi connectivity index (χ2n) is 9.20. The molecule has 1 N–H and O–H groups in total. The summed E-state index contributed by atoms with van der Waals surface area (Å²) in [6.45, 7) is 2.78.